The van der Waals surface area contributed by atoms with Gasteiger partial charge in [0.2, 0.25) is 0 Å². The second-order valence-electron chi connectivity index (χ2n) is 5.08. The fraction of sp³-hybridized carbons (Fsp3) is 0.909. The van der Waals surface area contributed by atoms with Crippen LogP contribution in [0.25, 0.3) is 0 Å². The third kappa shape index (κ3) is 3.35. The van der Waals surface area contributed by atoms with Crippen molar-refractivity contribution >= 4 is 5.97 Å². The predicted molar refractivity (Wildman–Crippen MR) is 56.1 cm³/mol. The first-order valence-corrected chi connectivity index (χ1v) is 5.99. The molecule has 0 spiro atoms. The van der Waals surface area contributed by atoms with Gasteiger partial charge in [-0.05, 0) is 31.6 Å². The van der Waals surface area contributed by atoms with Crippen molar-refractivity contribution in [3.05, 3.63) is 0 Å². The largest absolute Gasteiger partial charge is 0.480 e. The Kier molecular flexibility index (Phi) is 3.55. The van der Waals surface area contributed by atoms with Crippen LogP contribution in [0.3, 0.4) is 0 Å². The molecule has 0 aromatic rings. The molecule has 2 fully saturated rings. The highest BCUT2D eigenvalue weighted by Gasteiger charge is 2.53. The minimum atomic E-state index is -4.42. The van der Waals surface area contributed by atoms with Crippen molar-refractivity contribution in [3.63, 3.8) is 0 Å². The van der Waals surface area contributed by atoms with E-state index in [4.69, 9.17) is 0 Å². The van der Waals surface area contributed by atoms with E-state index < -0.39 is 30.9 Å². The summed E-state index contributed by atoms with van der Waals surface area (Å²) in [5.74, 6) is -1.23. The molecule has 104 valence electrons. The molecule has 2 aliphatic carbocycles. The van der Waals surface area contributed by atoms with Crippen LogP contribution in [-0.2, 0) is 9.53 Å². The molecule has 2 aliphatic rings. The van der Waals surface area contributed by atoms with E-state index in [0.29, 0.717) is 0 Å². The number of hydrogen-bond donors (Lipinski definition) is 2. The third-order valence-corrected chi connectivity index (χ3v) is 3.29. The van der Waals surface area contributed by atoms with Crippen molar-refractivity contribution in [1.82, 2.24) is 5.32 Å². The zero-order valence-corrected chi connectivity index (χ0v) is 9.79. The molecule has 0 aromatic heterocycles. The van der Waals surface area contributed by atoms with E-state index >= 15 is 0 Å². The van der Waals surface area contributed by atoms with Gasteiger partial charge in [0.05, 0.1) is 6.61 Å². The summed E-state index contributed by atoms with van der Waals surface area (Å²) in [6, 6.07) is 0.108. The second-order valence-corrected chi connectivity index (χ2v) is 5.08. The number of rotatable bonds is 7. The van der Waals surface area contributed by atoms with E-state index in [-0.39, 0.29) is 12.0 Å². The molecule has 1 unspecified atom stereocenters. The van der Waals surface area contributed by atoms with Crippen LogP contribution >= 0.6 is 0 Å². The average molecular weight is 267 g/mol. The molecule has 2 N–H and O–H groups in total. The van der Waals surface area contributed by atoms with Crippen LogP contribution in [-0.4, -0.2) is 42.0 Å². The third-order valence-electron chi connectivity index (χ3n) is 3.29. The molecule has 7 heteroatoms. The van der Waals surface area contributed by atoms with Crippen LogP contribution in [0, 0.1) is 5.92 Å². The van der Waals surface area contributed by atoms with Crippen LogP contribution in [0.2, 0.25) is 0 Å². The SMILES string of the molecule is O=C(O)C(COCC(F)(F)F)(NC1CC1)C1CC1. The minimum absolute atomic E-state index is 0.108. The maximum atomic E-state index is 12.0. The number of ether oxygens (including phenoxy) is 1. The highest BCUT2D eigenvalue weighted by atomic mass is 19.4. The van der Waals surface area contributed by atoms with Gasteiger partial charge >= 0.3 is 12.1 Å². The van der Waals surface area contributed by atoms with Crippen molar-refractivity contribution in [1.29, 1.82) is 0 Å². The van der Waals surface area contributed by atoms with E-state index in [9.17, 15) is 23.1 Å². The number of halogens is 3. The summed E-state index contributed by atoms with van der Waals surface area (Å²) in [4.78, 5) is 11.4. The molecule has 4 nitrogen and oxygen atoms in total. The normalized spacial score (nSPS) is 23.7. The number of nitrogens with one attached hydrogen (secondary N) is 1. The number of hydrogen-bond acceptors (Lipinski definition) is 3. The Bertz CT molecular complexity index is 326. The quantitative estimate of drug-likeness (QED) is 0.734. The lowest BCUT2D eigenvalue weighted by Gasteiger charge is -2.31. The molecule has 0 heterocycles. The molecule has 2 saturated carbocycles. The van der Waals surface area contributed by atoms with Gasteiger partial charge in [-0.15, -0.1) is 0 Å². The Hall–Kier alpha value is -0.820. The monoisotopic (exact) mass is 267 g/mol. The van der Waals surface area contributed by atoms with E-state index in [1.165, 1.54) is 0 Å². The molecule has 0 bridgehead atoms. The second kappa shape index (κ2) is 4.70. The van der Waals surface area contributed by atoms with Crippen molar-refractivity contribution in [2.24, 2.45) is 5.92 Å². The van der Waals surface area contributed by atoms with Gasteiger partial charge < -0.3 is 9.84 Å². The van der Waals surface area contributed by atoms with Gasteiger partial charge in [-0.1, -0.05) is 0 Å². The minimum Gasteiger partial charge on any atom is -0.480 e. The highest BCUT2D eigenvalue weighted by Crippen LogP contribution is 2.42. The number of alkyl halides is 3. The molecule has 0 radical (unpaired) electrons. The van der Waals surface area contributed by atoms with Gasteiger partial charge in [0.25, 0.3) is 0 Å². The van der Waals surface area contributed by atoms with E-state index in [2.05, 4.69) is 10.1 Å². The van der Waals surface area contributed by atoms with Crippen LogP contribution in [0.4, 0.5) is 13.2 Å². The van der Waals surface area contributed by atoms with Crippen LogP contribution in [0.5, 0.6) is 0 Å². The zero-order valence-electron chi connectivity index (χ0n) is 9.79. The van der Waals surface area contributed by atoms with Crippen LogP contribution in [0.1, 0.15) is 25.7 Å². The molecule has 0 saturated heterocycles. The van der Waals surface area contributed by atoms with E-state index in [1.54, 1.807) is 0 Å². The van der Waals surface area contributed by atoms with Crippen LogP contribution < -0.4 is 5.32 Å². The zero-order chi connectivity index (χ0) is 13.4. The van der Waals surface area contributed by atoms with Crippen molar-refractivity contribution < 1.29 is 27.8 Å². The number of carbonyl (C=O) groups is 1. The first kappa shape index (κ1) is 13.6. The Morgan fingerprint density at radius 2 is 1.83 bits per heavy atom. The first-order chi connectivity index (χ1) is 8.33. The first-order valence-electron chi connectivity index (χ1n) is 5.99. The predicted octanol–water partition coefficient (Wildman–Crippen LogP) is 1.55. The van der Waals surface area contributed by atoms with E-state index in [0.717, 1.165) is 25.7 Å². The van der Waals surface area contributed by atoms with Crippen molar-refractivity contribution in [3.8, 4) is 0 Å². The molecule has 0 aliphatic heterocycles. The van der Waals surface area contributed by atoms with Crippen molar-refractivity contribution in [2.75, 3.05) is 13.2 Å². The molecule has 2 rings (SSSR count). The highest BCUT2D eigenvalue weighted by molar-refractivity contribution is 5.80. The summed E-state index contributed by atoms with van der Waals surface area (Å²) in [5.41, 5.74) is -1.34. The maximum absolute atomic E-state index is 12.0. The summed E-state index contributed by atoms with van der Waals surface area (Å²) in [5, 5.41) is 12.3. The fourth-order valence-electron chi connectivity index (χ4n) is 2.07. The van der Waals surface area contributed by atoms with Gasteiger partial charge in [-0.2, -0.15) is 13.2 Å². The smallest absolute Gasteiger partial charge is 0.411 e. The van der Waals surface area contributed by atoms with Gasteiger partial charge in [0.15, 0.2) is 0 Å². The average Bonchev–Trinajstić information content (AvgIpc) is 3.08. The standard InChI is InChI=1S/C11H16F3NO3/c12-11(13,14)6-18-5-10(9(16)17,7-1-2-7)15-8-3-4-8/h7-8,15H,1-6H2,(H,16,17). The fourth-order valence-corrected chi connectivity index (χ4v) is 2.07. The lowest BCUT2D eigenvalue weighted by molar-refractivity contribution is -0.183. The van der Waals surface area contributed by atoms with Gasteiger partial charge in [0, 0.05) is 6.04 Å². The molecular formula is C11H16F3NO3. The summed E-state index contributed by atoms with van der Waals surface area (Å²) < 4.78 is 40.7. The summed E-state index contributed by atoms with van der Waals surface area (Å²) >= 11 is 0. The Balaban J connectivity index is 1.96. The topological polar surface area (TPSA) is 58.6 Å². The van der Waals surface area contributed by atoms with Gasteiger partial charge in [-0.3, -0.25) is 10.1 Å². The maximum Gasteiger partial charge on any atom is 0.411 e. The van der Waals surface area contributed by atoms with E-state index in [1.807, 2.05) is 0 Å². The molecule has 1 atom stereocenters. The van der Waals surface area contributed by atoms with Gasteiger partial charge in [0.1, 0.15) is 12.1 Å². The number of aliphatic carboxylic acids is 1. The Morgan fingerprint density at radius 3 is 2.22 bits per heavy atom. The summed E-state index contributed by atoms with van der Waals surface area (Å²) in [6.07, 6.45) is -1.22. The number of carboxylic acids is 1. The summed E-state index contributed by atoms with van der Waals surface area (Å²) in [7, 11) is 0. The van der Waals surface area contributed by atoms with Crippen LogP contribution in [0.15, 0.2) is 0 Å². The molecular weight excluding hydrogens is 251 g/mol. The lowest BCUT2D eigenvalue weighted by atomic mass is 9.94. The molecule has 0 amide bonds. The Morgan fingerprint density at radius 1 is 1.22 bits per heavy atom. The number of carboxylic acid groups (broad SMARTS) is 1. The summed E-state index contributed by atoms with van der Waals surface area (Å²) in [6.45, 7) is -1.83. The lowest BCUT2D eigenvalue weighted by Crippen LogP contribution is -2.58. The van der Waals surface area contributed by atoms with Gasteiger partial charge in [-0.25, -0.2) is 0 Å². The Labute approximate surface area is 102 Å². The molecule has 18 heavy (non-hydrogen) atoms. The molecule has 0 aromatic carbocycles. The van der Waals surface area contributed by atoms with Crippen molar-refractivity contribution in [2.45, 2.75) is 43.4 Å².